The molecule has 1 N–H and O–H groups in total. The first-order chi connectivity index (χ1) is 9.91. The number of sulfone groups is 1. The Hall–Kier alpha value is -1.40. The Morgan fingerprint density at radius 1 is 1.29 bits per heavy atom. The van der Waals surface area contributed by atoms with Crippen LogP contribution in [0.5, 0.6) is 0 Å². The van der Waals surface area contributed by atoms with Crippen LogP contribution in [0.25, 0.3) is 0 Å². The fourth-order valence-electron chi connectivity index (χ4n) is 2.62. The molecule has 0 fully saturated rings. The Balaban J connectivity index is 2.02. The van der Waals surface area contributed by atoms with Crippen molar-refractivity contribution in [2.75, 3.05) is 24.6 Å². The van der Waals surface area contributed by atoms with Crippen molar-refractivity contribution < 1.29 is 18.3 Å². The Morgan fingerprint density at radius 2 is 2.05 bits per heavy atom. The summed E-state index contributed by atoms with van der Waals surface area (Å²) in [6.07, 6.45) is 1.48. The number of fused-ring (bicyclic) bond motifs is 1. The van der Waals surface area contributed by atoms with Crippen molar-refractivity contribution in [3.05, 3.63) is 34.9 Å². The molecule has 0 aliphatic carbocycles. The average Bonchev–Trinajstić information content (AvgIpc) is 2.44. The van der Waals surface area contributed by atoms with E-state index in [0.717, 1.165) is 24.1 Å². The van der Waals surface area contributed by atoms with Crippen LogP contribution in [0.15, 0.2) is 18.2 Å². The molecule has 21 heavy (non-hydrogen) atoms. The van der Waals surface area contributed by atoms with Crippen LogP contribution in [0.2, 0.25) is 0 Å². The van der Waals surface area contributed by atoms with E-state index in [0.29, 0.717) is 19.5 Å². The summed E-state index contributed by atoms with van der Waals surface area (Å²) in [6.45, 7) is 3.82. The van der Waals surface area contributed by atoms with E-state index >= 15 is 0 Å². The highest BCUT2D eigenvalue weighted by Gasteiger charge is 2.19. The SMILES string of the molecule is CCCS(=O)(=O)CCN1CCc2ccc(C(=O)O)cc2C1. The first-order valence-electron chi connectivity index (χ1n) is 7.19. The molecule has 1 aromatic carbocycles. The van der Waals surface area contributed by atoms with E-state index in [4.69, 9.17) is 5.11 Å². The molecule has 0 spiro atoms. The van der Waals surface area contributed by atoms with Crippen LogP contribution in [0.4, 0.5) is 0 Å². The molecule has 1 aromatic rings. The van der Waals surface area contributed by atoms with Crippen LogP contribution in [0.3, 0.4) is 0 Å². The zero-order valence-electron chi connectivity index (χ0n) is 12.2. The van der Waals surface area contributed by atoms with E-state index in [9.17, 15) is 13.2 Å². The molecule has 0 bridgehead atoms. The molecule has 0 atom stereocenters. The molecule has 0 saturated carbocycles. The maximum absolute atomic E-state index is 11.8. The van der Waals surface area contributed by atoms with E-state index in [1.54, 1.807) is 12.1 Å². The third-order valence-corrected chi connectivity index (χ3v) is 5.61. The summed E-state index contributed by atoms with van der Waals surface area (Å²) in [5.74, 6) is -0.518. The lowest BCUT2D eigenvalue weighted by Crippen LogP contribution is -2.34. The Kier molecular flexibility index (Phi) is 5.00. The minimum Gasteiger partial charge on any atom is -0.478 e. The molecule has 1 aliphatic rings. The van der Waals surface area contributed by atoms with Gasteiger partial charge in [-0.15, -0.1) is 0 Å². The Morgan fingerprint density at radius 3 is 2.71 bits per heavy atom. The second-order valence-corrected chi connectivity index (χ2v) is 7.77. The second-order valence-electron chi connectivity index (χ2n) is 5.47. The Bertz CT molecular complexity index is 625. The smallest absolute Gasteiger partial charge is 0.335 e. The van der Waals surface area contributed by atoms with Gasteiger partial charge < -0.3 is 5.11 Å². The number of carbonyl (C=O) groups is 1. The summed E-state index contributed by atoms with van der Waals surface area (Å²) in [5, 5.41) is 9.03. The highest BCUT2D eigenvalue weighted by Crippen LogP contribution is 2.20. The van der Waals surface area contributed by atoms with Gasteiger partial charge in [0.15, 0.2) is 9.84 Å². The fraction of sp³-hybridized carbons (Fsp3) is 0.533. The van der Waals surface area contributed by atoms with Crippen molar-refractivity contribution in [1.29, 1.82) is 0 Å². The number of benzene rings is 1. The highest BCUT2D eigenvalue weighted by molar-refractivity contribution is 7.91. The minimum absolute atomic E-state index is 0.175. The lowest BCUT2D eigenvalue weighted by atomic mass is 9.97. The second kappa shape index (κ2) is 6.58. The zero-order valence-corrected chi connectivity index (χ0v) is 13.0. The van der Waals surface area contributed by atoms with Crippen molar-refractivity contribution in [2.45, 2.75) is 26.3 Å². The summed E-state index contributed by atoms with van der Waals surface area (Å²) in [5.41, 5.74) is 2.44. The van der Waals surface area contributed by atoms with Crippen molar-refractivity contribution in [2.24, 2.45) is 0 Å². The van der Waals surface area contributed by atoms with Gasteiger partial charge in [-0.2, -0.15) is 0 Å². The number of carboxylic acid groups (broad SMARTS) is 1. The minimum atomic E-state index is -2.97. The van der Waals surface area contributed by atoms with Gasteiger partial charge in [-0.1, -0.05) is 13.0 Å². The quantitative estimate of drug-likeness (QED) is 0.863. The first kappa shape index (κ1) is 16.0. The lowest BCUT2D eigenvalue weighted by Gasteiger charge is -2.28. The topological polar surface area (TPSA) is 74.7 Å². The molecule has 6 heteroatoms. The number of nitrogens with zero attached hydrogens (tertiary/aromatic N) is 1. The van der Waals surface area contributed by atoms with Crippen molar-refractivity contribution in [3.63, 3.8) is 0 Å². The zero-order chi connectivity index (χ0) is 15.5. The highest BCUT2D eigenvalue weighted by atomic mass is 32.2. The first-order valence-corrected chi connectivity index (χ1v) is 9.01. The van der Waals surface area contributed by atoms with Gasteiger partial charge in [-0.25, -0.2) is 13.2 Å². The van der Waals surface area contributed by atoms with Crippen LogP contribution in [-0.2, 0) is 22.8 Å². The van der Waals surface area contributed by atoms with Crippen molar-refractivity contribution in [1.82, 2.24) is 4.90 Å². The molecule has 5 nitrogen and oxygen atoms in total. The summed E-state index contributed by atoms with van der Waals surface area (Å²) in [7, 11) is -2.97. The molecule has 0 unspecified atom stereocenters. The third kappa shape index (κ3) is 4.28. The molecule has 0 saturated heterocycles. The van der Waals surface area contributed by atoms with Gasteiger partial charge in [-0.3, -0.25) is 4.90 Å². The monoisotopic (exact) mass is 311 g/mol. The van der Waals surface area contributed by atoms with E-state index in [1.807, 2.05) is 13.0 Å². The standard InChI is InChI=1S/C15H21NO4S/c1-2-8-21(19,20)9-7-16-6-5-12-3-4-13(15(17)18)10-14(12)11-16/h3-4,10H,2,5-9,11H2,1H3,(H,17,18). The van der Waals surface area contributed by atoms with Crippen LogP contribution >= 0.6 is 0 Å². The number of carboxylic acids is 1. The number of hydrogen-bond acceptors (Lipinski definition) is 4. The molecule has 0 amide bonds. The van der Waals surface area contributed by atoms with Gasteiger partial charge in [0.25, 0.3) is 0 Å². The number of rotatable bonds is 6. The van der Waals surface area contributed by atoms with E-state index in [-0.39, 0.29) is 17.1 Å². The van der Waals surface area contributed by atoms with Crippen LogP contribution in [0, 0.1) is 0 Å². The molecular formula is C15H21NO4S. The summed E-state index contributed by atoms with van der Waals surface area (Å²) in [6, 6.07) is 5.19. The van der Waals surface area contributed by atoms with E-state index < -0.39 is 15.8 Å². The van der Waals surface area contributed by atoms with Gasteiger partial charge in [0.2, 0.25) is 0 Å². The normalized spacial score (nSPS) is 15.7. The van der Waals surface area contributed by atoms with Crippen molar-refractivity contribution in [3.8, 4) is 0 Å². The van der Waals surface area contributed by atoms with Crippen LogP contribution < -0.4 is 0 Å². The lowest BCUT2D eigenvalue weighted by molar-refractivity contribution is 0.0696. The van der Waals surface area contributed by atoms with Gasteiger partial charge >= 0.3 is 5.97 Å². The largest absolute Gasteiger partial charge is 0.478 e. The molecule has 1 aliphatic heterocycles. The average molecular weight is 311 g/mol. The summed E-state index contributed by atoms with van der Waals surface area (Å²) >= 11 is 0. The molecule has 1 heterocycles. The molecule has 0 radical (unpaired) electrons. The fourth-order valence-corrected chi connectivity index (χ4v) is 3.98. The summed E-state index contributed by atoms with van der Waals surface area (Å²) in [4.78, 5) is 13.1. The molecule has 2 rings (SSSR count). The number of hydrogen-bond donors (Lipinski definition) is 1. The Labute approximate surface area is 125 Å². The molecule has 0 aromatic heterocycles. The van der Waals surface area contributed by atoms with Gasteiger partial charge in [0.1, 0.15) is 0 Å². The van der Waals surface area contributed by atoms with Crippen LogP contribution in [0.1, 0.15) is 34.8 Å². The molecule has 116 valence electrons. The summed E-state index contributed by atoms with van der Waals surface area (Å²) < 4.78 is 23.5. The van der Waals surface area contributed by atoms with Crippen LogP contribution in [-0.4, -0.2) is 49.0 Å². The van der Waals surface area contributed by atoms with E-state index in [1.165, 1.54) is 0 Å². The predicted molar refractivity (Wildman–Crippen MR) is 81.3 cm³/mol. The maximum Gasteiger partial charge on any atom is 0.335 e. The van der Waals surface area contributed by atoms with Gasteiger partial charge in [-0.05, 0) is 36.1 Å². The predicted octanol–water partition coefficient (Wildman–Crippen LogP) is 1.57. The number of aromatic carboxylic acids is 1. The molecular weight excluding hydrogens is 290 g/mol. The third-order valence-electron chi connectivity index (χ3n) is 3.78. The van der Waals surface area contributed by atoms with Gasteiger partial charge in [0, 0.05) is 25.4 Å². The van der Waals surface area contributed by atoms with Gasteiger partial charge in [0.05, 0.1) is 11.3 Å². The maximum atomic E-state index is 11.8. The van der Waals surface area contributed by atoms with Crippen molar-refractivity contribution >= 4 is 15.8 Å². The van der Waals surface area contributed by atoms with E-state index in [2.05, 4.69) is 4.90 Å².